The molecule has 0 aliphatic carbocycles. The number of methoxy groups -OCH3 is 1. The number of ether oxygens (including phenoxy) is 1. The third-order valence-corrected chi connectivity index (χ3v) is 5.18. The maximum atomic E-state index is 12.4. The van der Waals surface area contributed by atoms with Gasteiger partial charge in [-0.05, 0) is 35.9 Å². The molecule has 2 rings (SSSR count). The third kappa shape index (κ3) is 6.02. The minimum atomic E-state index is -3.69. The van der Waals surface area contributed by atoms with Gasteiger partial charge in [0.2, 0.25) is 10.0 Å². The van der Waals surface area contributed by atoms with Gasteiger partial charge in [-0.1, -0.05) is 6.07 Å². The van der Waals surface area contributed by atoms with Gasteiger partial charge in [-0.25, -0.2) is 18.1 Å². The molecule has 0 spiro atoms. The van der Waals surface area contributed by atoms with Crippen LogP contribution in [0.1, 0.15) is 15.9 Å². The molecule has 146 valence electrons. The quantitative estimate of drug-likeness (QED) is 0.618. The summed E-state index contributed by atoms with van der Waals surface area (Å²) in [5, 5.41) is 2.79. The molecular formula is C18H24N4O4S. The van der Waals surface area contributed by atoms with Crippen LogP contribution in [0.3, 0.4) is 0 Å². The van der Waals surface area contributed by atoms with Crippen molar-refractivity contribution in [3.8, 4) is 0 Å². The van der Waals surface area contributed by atoms with E-state index in [0.29, 0.717) is 6.54 Å². The van der Waals surface area contributed by atoms with Crippen LogP contribution < -0.4 is 14.9 Å². The van der Waals surface area contributed by atoms with Gasteiger partial charge in [-0.2, -0.15) is 0 Å². The lowest BCUT2D eigenvalue weighted by Crippen LogP contribution is -2.28. The van der Waals surface area contributed by atoms with Crippen LogP contribution in [0.5, 0.6) is 0 Å². The number of sulfonamides is 1. The van der Waals surface area contributed by atoms with E-state index in [2.05, 4.69) is 15.0 Å². The minimum Gasteiger partial charge on any atom is -0.383 e. The fourth-order valence-electron chi connectivity index (χ4n) is 2.27. The molecule has 2 aromatic rings. The van der Waals surface area contributed by atoms with E-state index < -0.39 is 10.0 Å². The number of rotatable bonds is 9. The van der Waals surface area contributed by atoms with Crippen molar-refractivity contribution in [2.75, 3.05) is 39.3 Å². The van der Waals surface area contributed by atoms with Crippen LogP contribution >= 0.6 is 0 Å². The van der Waals surface area contributed by atoms with Crippen molar-refractivity contribution in [1.82, 2.24) is 15.0 Å². The topological polar surface area (TPSA) is 101 Å². The molecule has 0 atom stereocenters. The molecule has 0 aliphatic heterocycles. The Kier molecular flexibility index (Phi) is 7.28. The first-order valence-corrected chi connectivity index (χ1v) is 9.81. The van der Waals surface area contributed by atoms with E-state index in [4.69, 9.17) is 4.74 Å². The first-order valence-electron chi connectivity index (χ1n) is 8.32. The SMILES string of the molecule is COCCNS(=O)(=O)c1cccc(C(=O)NCc2ccnc(N(C)C)c2)c1. The molecule has 0 saturated carbocycles. The number of aromatic nitrogens is 1. The number of carbonyl (C=O) groups excluding carboxylic acids is 1. The second-order valence-corrected chi connectivity index (χ2v) is 7.78. The number of pyridine rings is 1. The average molecular weight is 392 g/mol. The number of hydrogen-bond acceptors (Lipinski definition) is 6. The molecule has 0 saturated heterocycles. The zero-order valence-electron chi connectivity index (χ0n) is 15.6. The number of nitrogens with one attached hydrogen (secondary N) is 2. The van der Waals surface area contributed by atoms with Gasteiger partial charge in [0.15, 0.2) is 0 Å². The highest BCUT2D eigenvalue weighted by molar-refractivity contribution is 7.89. The Morgan fingerprint density at radius 2 is 2.00 bits per heavy atom. The molecule has 27 heavy (non-hydrogen) atoms. The number of hydrogen-bond donors (Lipinski definition) is 2. The highest BCUT2D eigenvalue weighted by Crippen LogP contribution is 2.13. The standard InChI is InChI=1S/C18H24N4O4S/c1-22(2)17-11-14(7-8-19-17)13-20-18(23)15-5-4-6-16(12-15)27(24,25)21-9-10-26-3/h4-8,11-12,21H,9-10,13H2,1-3H3,(H,20,23). The Morgan fingerprint density at radius 3 is 2.70 bits per heavy atom. The number of nitrogens with zero attached hydrogens (tertiary/aromatic N) is 2. The van der Waals surface area contributed by atoms with Gasteiger partial charge in [0.1, 0.15) is 5.82 Å². The lowest BCUT2D eigenvalue weighted by molar-refractivity contribution is 0.0950. The van der Waals surface area contributed by atoms with Gasteiger partial charge in [0.25, 0.3) is 5.91 Å². The monoisotopic (exact) mass is 392 g/mol. The van der Waals surface area contributed by atoms with Gasteiger partial charge >= 0.3 is 0 Å². The predicted molar refractivity (Wildman–Crippen MR) is 103 cm³/mol. The molecule has 1 aromatic carbocycles. The predicted octanol–water partition coefficient (Wildman–Crippen LogP) is 1.00. The van der Waals surface area contributed by atoms with Gasteiger partial charge in [-0.15, -0.1) is 0 Å². The fraction of sp³-hybridized carbons (Fsp3) is 0.333. The largest absolute Gasteiger partial charge is 0.383 e. The molecule has 1 aromatic heterocycles. The van der Waals surface area contributed by atoms with E-state index >= 15 is 0 Å². The number of amides is 1. The van der Waals surface area contributed by atoms with Crippen molar-refractivity contribution in [2.24, 2.45) is 0 Å². The van der Waals surface area contributed by atoms with Crippen molar-refractivity contribution >= 4 is 21.7 Å². The van der Waals surface area contributed by atoms with Crippen LogP contribution in [-0.4, -0.2) is 53.7 Å². The normalized spacial score (nSPS) is 11.2. The highest BCUT2D eigenvalue weighted by Gasteiger charge is 2.15. The smallest absolute Gasteiger partial charge is 0.251 e. The van der Waals surface area contributed by atoms with Crippen LogP contribution in [0, 0.1) is 0 Å². The Morgan fingerprint density at radius 1 is 1.22 bits per heavy atom. The van der Waals surface area contributed by atoms with E-state index in [0.717, 1.165) is 11.4 Å². The van der Waals surface area contributed by atoms with E-state index in [1.165, 1.54) is 25.3 Å². The summed E-state index contributed by atoms with van der Waals surface area (Å²) in [7, 11) is 1.57. The summed E-state index contributed by atoms with van der Waals surface area (Å²) < 4.78 is 31.8. The molecule has 9 heteroatoms. The van der Waals surface area contributed by atoms with Crippen molar-refractivity contribution < 1.29 is 17.9 Å². The molecule has 0 radical (unpaired) electrons. The summed E-state index contributed by atoms with van der Waals surface area (Å²) in [5.41, 5.74) is 1.17. The first kappa shape index (κ1) is 20.8. The molecule has 1 heterocycles. The molecule has 0 bridgehead atoms. The van der Waals surface area contributed by atoms with Gasteiger partial charge in [-0.3, -0.25) is 4.79 Å². The van der Waals surface area contributed by atoms with Crippen molar-refractivity contribution in [2.45, 2.75) is 11.4 Å². The van der Waals surface area contributed by atoms with E-state index in [-0.39, 0.29) is 29.5 Å². The molecule has 2 N–H and O–H groups in total. The van der Waals surface area contributed by atoms with Crippen molar-refractivity contribution in [3.63, 3.8) is 0 Å². The van der Waals surface area contributed by atoms with Gasteiger partial charge in [0.05, 0.1) is 11.5 Å². The first-order chi connectivity index (χ1) is 12.8. The maximum absolute atomic E-state index is 12.4. The summed E-state index contributed by atoms with van der Waals surface area (Å²) in [6.07, 6.45) is 1.68. The van der Waals surface area contributed by atoms with Gasteiger partial charge < -0.3 is 15.0 Å². The van der Waals surface area contributed by atoms with Crippen molar-refractivity contribution in [3.05, 3.63) is 53.7 Å². The van der Waals surface area contributed by atoms with Crippen molar-refractivity contribution in [1.29, 1.82) is 0 Å². The highest BCUT2D eigenvalue weighted by atomic mass is 32.2. The summed E-state index contributed by atoms with van der Waals surface area (Å²) in [6, 6.07) is 9.59. The Labute approximate surface area is 159 Å². The van der Waals surface area contributed by atoms with E-state index in [1.807, 2.05) is 31.1 Å². The lowest BCUT2D eigenvalue weighted by atomic mass is 10.2. The van der Waals surface area contributed by atoms with Crippen LogP contribution in [-0.2, 0) is 21.3 Å². The number of anilines is 1. The number of carbonyl (C=O) groups is 1. The second-order valence-electron chi connectivity index (χ2n) is 6.02. The Hall–Kier alpha value is -2.49. The van der Waals surface area contributed by atoms with Crippen LogP contribution in [0.4, 0.5) is 5.82 Å². The molecular weight excluding hydrogens is 368 g/mol. The average Bonchev–Trinajstić information content (AvgIpc) is 2.66. The number of benzene rings is 1. The fourth-order valence-corrected chi connectivity index (χ4v) is 3.32. The summed E-state index contributed by atoms with van der Waals surface area (Å²) in [5.74, 6) is 0.434. The molecule has 0 fully saturated rings. The molecule has 0 aliphatic rings. The zero-order chi connectivity index (χ0) is 19.9. The minimum absolute atomic E-state index is 0.0325. The van der Waals surface area contributed by atoms with E-state index in [1.54, 1.807) is 12.3 Å². The van der Waals surface area contributed by atoms with Gasteiger partial charge in [0, 0.05) is 46.1 Å². The van der Waals surface area contributed by atoms with E-state index in [9.17, 15) is 13.2 Å². The van der Waals surface area contributed by atoms with Crippen LogP contribution in [0.25, 0.3) is 0 Å². The molecule has 8 nitrogen and oxygen atoms in total. The van der Waals surface area contributed by atoms with Crippen LogP contribution in [0.15, 0.2) is 47.5 Å². The summed E-state index contributed by atoms with van der Waals surface area (Å²) in [4.78, 5) is 18.5. The molecule has 1 amide bonds. The zero-order valence-corrected chi connectivity index (χ0v) is 16.4. The Balaban J connectivity index is 2.06. The van der Waals surface area contributed by atoms with Crippen LogP contribution in [0.2, 0.25) is 0 Å². The third-order valence-electron chi connectivity index (χ3n) is 3.73. The molecule has 0 unspecified atom stereocenters. The second kappa shape index (κ2) is 9.45. The summed E-state index contributed by atoms with van der Waals surface area (Å²) in [6.45, 7) is 0.733. The maximum Gasteiger partial charge on any atom is 0.251 e. The summed E-state index contributed by atoms with van der Waals surface area (Å²) >= 11 is 0. The lowest BCUT2D eigenvalue weighted by Gasteiger charge is -2.13. The Bertz CT molecular complexity index is 884.